The van der Waals surface area contributed by atoms with E-state index in [1.807, 2.05) is 0 Å². The zero-order valence-electron chi connectivity index (χ0n) is 22.2. The topological polar surface area (TPSA) is 101 Å². The van der Waals surface area contributed by atoms with Crippen LogP contribution in [0, 0.1) is 11.8 Å². The monoisotopic (exact) mass is 593 g/mol. The lowest BCUT2D eigenvalue weighted by atomic mass is 9.79. The van der Waals surface area contributed by atoms with Gasteiger partial charge in [-0.15, -0.1) is 0 Å². The molecule has 8 nitrogen and oxygen atoms in total. The fourth-order valence-corrected chi connectivity index (χ4v) is 5.36. The summed E-state index contributed by atoms with van der Waals surface area (Å²) in [6.07, 6.45) is -0.339. The maximum absolute atomic E-state index is 13.4. The number of alkyl halides is 5. The SMILES string of the molecule is CCn1nc(C(=O)NCC2(O)CCC(C)CC2)c(Cl)c1-c1cnc(N[C@@H](CC(F)(F)F)C2CC2)cc1OC(F)F. The highest BCUT2D eigenvalue weighted by molar-refractivity contribution is 6.36. The molecule has 2 aliphatic carbocycles. The van der Waals surface area contributed by atoms with Crippen molar-refractivity contribution in [3.8, 4) is 17.0 Å². The van der Waals surface area contributed by atoms with Crippen molar-refractivity contribution < 1.29 is 36.6 Å². The third kappa shape index (κ3) is 7.54. The summed E-state index contributed by atoms with van der Waals surface area (Å²) in [6, 6.07) is 0.135. The minimum absolute atomic E-state index is 0.00491. The van der Waals surface area contributed by atoms with Crippen molar-refractivity contribution in [1.82, 2.24) is 20.1 Å². The second-order valence-corrected chi connectivity index (χ2v) is 11.1. The lowest BCUT2D eigenvalue weighted by Crippen LogP contribution is -2.45. The maximum atomic E-state index is 13.4. The first-order chi connectivity index (χ1) is 18.8. The van der Waals surface area contributed by atoms with Crippen molar-refractivity contribution >= 4 is 23.3 Å². The highest BCUT2D eigenvalue weighted by atomic mass is 35.5. The Bertz CT molecular complexity index is 1200. The quantitative estimate of drug-likeness (QED) is 0.275. The fourth-order valence-electron chi connectivity index (χ4n) is 5.04. The number of hydrogen-bond acceptors (Lipinski definition) is 6. The number of amides is 1. The molecular weight excluding hydrogens is 561 g/mol. The number of aryl methyl sites for hydroxylation is 1. The molecule has 2 heterocycles. The highest BCUT2D eigenvalue weighted by Crippen LogP contribution is 2.41. The smallest absolute Gasteiger partial charge is 0.391 e. The first-order valence-electron chi connectivity index (χ1n) is 13.3. The van der Waals surface area contributed by atoms with E-state index in [2.05, 4.69) is 27.6 Å². The molecule has 2 aromatic heterocycles. The van der Waals surface area contributed by atoms with Crippen LogP contribution >= 0.6 is 11.6 Å². The van der Waals surface area contributed by atoms with E-state index < -0.39 is 36.8 Å². The molecule has 0 saturated heterocycles. The van der Waals surface area contributed by atoms with Gasteiger partial charge < -0.3 is 20.5 Å². The van der Waals surface area contributed by atoms with Gasteiger partial charge in [-0.2, -0.15) is 27.1 Å². The predicted octanol–water partition coefficient (Wildman–Crippen LogP) is 6.03. The first kappa shape index (κ1) is 30.3. The number of carbonyl (C=O) groups excluding carboxylic acids is 1. The van der Waals surface area contributed by atoms with E-state index in [0.29, 0.717) is 31.6 Å². The molecule has 14 heteroatoms. The molecular formula is C26H33ClF5N5O3. The Morgan fingerprint density at radius 2 is 1.95 bits per heavy atom. The van der Waals surface area contributed by atoms with Gasteiger partial charge in [0, 0.05) is 31.4 Å². The van der Waals surface area contributed by atoms with Crippen molar-refractivity contribution in [2.45, 2.75) is 89.8 Å². The fraction of sp³-hybridized carbons (Fsp3) is 0.654. The van der Waals surface area contributed by atoms with Crippen LogP contribution in [-0.4, -0.2) is 56.8 Å². The van der Waals surface area contributed by atoms with E-state index >= 15 is 0 Å². The van der Waals surface area contributed by atoms with Crippen LogP contribution in [-0.2, 0) is 6.54 Å². The zero-order chi connectivity index (χ0) is 29.2. The van der Waals surface area contributed by atoms with Crippen molar-refractivity contribution in [3.05, 3.63) is 23.0 Å². The van der Waals surface area contributed by atoms with E-state index in [1.165, 1.54) is 4.68 Å². The summed E-state index contributed by atoms with van der Waals surface area (Å²) >= 11 is 6.55. The first-order valence-corrected chi connectivity index (χ1v) is 13.7. The standard InChI is InChI=1S/C26H33ClF5N5O3/c1-3-37-22(20(27)21(36-37)23(38)34-13-25(39)8-6-14(2)7-9-25)16-12-33-19(10-18(16)40-24(28)29)35-17(15-4-5-15)11-26(30,31)32/h10,12,14-15,17,24,39H,3-9,11,13H2,1-2H3,(H,33,35)(H,34,38)/t14?,17-,25?/m0/s1. The molecule has 0 radical (unpaired) electrons. The van der Waals surface area contributed by atoms with E-state index in [9.17, 15) is 31.9 Å². The third-order valence-corrected chi connectivity index (χ3v) is 7.86. The summed E-state index contributed by atoms with van der Waals surface area (Å²) in [5.74, 6) is -0.796. The Kier molecular flexibility index (Phi) is 9.13. The lowest BCUT2D eigenvalue weighted by Gasteiger charge is -2.34. The number of nitrogens with zero attached hydrogens (tertiary/aromatic N) is 3. The van der Waals surface area contributed by atoms with Crippen LogP contribution in [0.15, 0.2) is 12.3 Å². The van der Waals surface area contributed by atoms with E-state index in [-0.39, 0.29) is 52.5 Å². The Hall–Kier alpha value is -2.67. The molecule has 2 aromatic rings. The average molecular weight is 594 g/mol. The molecule has 1 atom stereocenters. The molecule has 4 rings (SSSR count). The predicted molar refractivity (Wildman–Crippen MR) is 138 cm³/mol. The van der Waals surface area contributed by atoms with Gasteiger partial charge in [-0.1, -0.05) is 18.5 Å². The van der Waals surface area contributed by atoms with Gasteiger partial charge >= 0.3 is 12.8 Å². The number of ether oxygens (including phenoxy) is 1. The molecule has 0 unspecified atom stereocenters. The minimum atomic E-state index is -4.41. The molecule has 2 fully saturated rings. The summed E-state index contributed by atoms with van der Waals surface area (Å²) in [5.41, 5.74) is -1.14. The molecule has 0 bridgehead atoms. The molecule has 3 N–H and O–H groups in total. The van der Waals surface area contributed by atoms with Gasteiger partial charge in [0.1, 0.15) is 11.6 Å². The Balaban J connectivity index is 1.60. The maximum Gasteiger partial charge on any atom is 0.391 e. The van der Waals surface area contributed by atoms with Gasteiger partial charge in [0.05, 0.1) is 28.3 Å². The van der Waals surface area contributed by atoms with Gasteiger partial charge in [-0.05, 0) is 57.3 Å². The molecule has 2 aliphatic rings. The molecule has 222 valence electrons. The molecule has 1 amide bonds. The number of pyridine rings is 1. The van der Waals surface area contributed by atoms with Gasteiger partial charge in [0.25, 0.3) is 5.91 Å². The van der Waals surface area contributed by atoms with Gasteiger partial charge in [-0.3, -0.25) is 9.48 Å². The van der Waals surface area contributed by atoms with E-state index in [1.54, 1.807) is 6.92 Å². The number of nitrogens with one attached hydrogen (secondary N) is 2. The minimum Gasteiger partial charge on any atom is -0.434 e. The zero-order valence-corrected chi connectivity index (χ0v) is 23.0. The third-order valence-electron chi connectivity index (χ3n) is 7.51. The van der Waals surface area contributed by atoms with Crippen molar-refractivity contribution in [3.63, 3.8) is 0 Å². The highest BCUT2D eigenvalue weighted by Gasteiger charge is 2.40. The number of halogens is 6. The van der Waals surface area contributed by atoms with Crippen LogP contribution < -0.4 is 15.4 Å². The lowest BCUT2D eigenvalue weighted by molar-refractivity contribution is -0.138. The molecule has 0 spiro atoms. The van der Waals surface area contributed by atoms with Crippen LogP contribution in [0.1, 0.15) is 69.3 Å². The Morgan fingerprint density at radius 3 is 2.52 bits per heavy atom. The normalized spacial score (nSPS) is 22.3. The summed E-state index contributed by atoms with van der Waals surface area (Å²) in [4.78, 5) is 17.1. The molecule has 0 aromatic carbocycles. The summed E-state index contributed by atoms with van der Waals surface area (Å²) in [5, 5.41) is 20.3. The van der Waals surface area contributed by atoms with Crippen LogP contribution in [0.5, 0.6) is 5.75 Å². The largest absolute Gasteiger partial charge is 0.434 e. The summed E-state index contributed by atoms with van der Waals surface area (Å²) in [6.45, 7) is 0.767. The summed E-state index contributed by atoms with van der Waals surface area (Å²) < 4.78 is 72.0. The van der Waals surface area contributed by atoms with Crippen LogP contribution in [0.3, 0.4) is 0 Å². The average Bonchev–Trinajstić information content (AvgIpc) is 3.67. The number of aliphatic hydroxyl groups is 1. The molecule has 40 heavy (non-hydrogen) atoms. The van der Waals surface area contributed by atoms with Gasteiger partial charge in [0.15, 0.2) is 5.69 Å². The van der Waals surface area contributed by atoms with E-state index in [4.69, 9.17) is 16.3 Å². The van der Waals surface area contributed by atoms with Crippen molar-refractivity contribution in [1.29, 1.82) is 0 Å². The molecule has 0 aliphatic heterocycles. The molecule has 2 saturated carbocycles. The van der Waals surface area contributed by atoms with Gasteiger partial charge in [-0.25, -0.2) is 4.98 Å². The van der Waals surface area contributed by atoms with Crippen LogP contribution in [0.4, 0.5) is 27.8 Å². The number of hydrogen-bond donors (Lipinski definition) is 3. The van der Waals surface area contributed by atoms with Crippen molar-refractivity contribution in [2.75, 3.05) is 11.9 Å². The summed E-state index contributed by atoms with van der Waals surface area (Å²) in [7, 11) is 0. The Labute approximate surface area is 233 Å². The number of carbonyl (C=O) groups is 1. The van der Waals surface area contributed by atoms with E-state index in [0.717, 1.165) is 25.1 Å². The van der Waals surface area contributed by atoms with Crippen LogP contribution in [0.2, 0.25) is 5.02 Å². The number of anilines is 1. The van der Waals surface area contributed by atoms with Crippen LogP contribution in [0.25, 0.3) is 11.3 Å². The second-order valence-electron chi connectivity index (χ2n) is 10.8. The number of rotatable bonds is 11. The van der Waals surface area contributed by atoms with Crippen molar-refractivity contribution in [2.24, 2.45) is 11.8 Å². The number of aromatic nitrogens is 3. The van der Waals surface area contributed by atoms with Gasteiger partial charge in [0.2, 0.25) is 0 Å². The second kappa shape index (κ2) is 12.1. The Morgan fingerprint density at radius 1 is 1.27 bits per heavy atom.